The molecule has 0 atom stereocenters. The first-order valence-electron chi connectivity index (χ1n) is 27.1. The fraction of sp³-hybridized carbons (Fsp3) is 0.178. The lowest BCUT2D eigenvalue weighted by Crippen LogP contribution is -2.55. The molecule has 2 heteroatoms. The second kappa shape index (κ2) is 18.3. The van der Waals surface area contributed by atoms with E-state index in [1.807, 2.05) is 0 Å². The van der Waals surface area contributed by atoms with Crippen LogP contribution < -0.4 is 32.8 Å². The maximum absolute atomic E-state index is 2.53. The van der Waals surface area contributed by atoms with E-state index in [2.05, 4.69) is 265 Å². The summed E-state index contributed by atoms with van der Waals surface area (Å²) in [5.41, 5.74) is 39.5. The van der Waals surface area contributed by atoms with Crippen molar-refractivity contribution in [3.05, 3.63) is 271 Å². The molecule has 0 N–H and O–H groups in total. The van der Waals surface area contributed by atoms with Crippen molar-refractivity contribution in [3.63, 3.8) is 0 Å². The van der Waals surface area contributed by atoms with Gasteiger partial charge in [0.1, 0.15) is 0 Å². The number of benzene rings is 10. The van der Waals surface area contributed by atoms with Crippen LogP contribution in [0.5, 0.6) is 0 Å². The average Bonchev–Trinajstić information content (AvgIpc) is 3.92. The van der Waals surface area contributed by atoms with Gasteiger partial charge in [0, 0.05) is 0 Å². The van der Waals surface area contributed by atoms with Crippen LogP contribution in [0.3, 0.4) is 0 Å². The Balaban J connectivity index is 0.985. The monoisotopic (exact) mass is 965 g/mol. The molecule has 0 saturated carbocycles. The fourth-order valence-electron chi connectivity index (χ4n) is 14.8. The Hall–Kier alpha value is -7.67. The van der Waals surface area contributed by atoms with Gasteiger partial charge >= 0.3 is 0 Å². The summed E-state index contributed by atoms with van der Waals surface area (Å²) in [5, 5.41) is 0. The Morgan fingerprint density at radius 2 is 0.493 bits per heavy atom. The van der Waals surface area contributed by atoms with Gasteiger partial charge in [0.05, 0.1) is 5.41 Å². The van der Waals surface area contributed by atoms with Crippen LogP contribution in [0.1, 0.15) is 89.0 Å². The molecule has 10 aromatic carbocycles. The van der Waals surface area contributed by atoms with Crippen LogP contribution in [0, 0.1) is 83.1 Å². The minimum absolute atomic E-state index is 0.125. The third kappa shape index (κ3) is 7.74. The van der Waals surface area contributed by atoms with E-state index in [9.17, 15) is 0 Å². The van der Waals surface area contributed by atoms with Gasteiger partial charge < -0.3 is 0 Å². The highest BCUT2D eigenvalue weighted by molar-refractivity contribution is 6.97. The Kier molecular flexibility index (Phi) is 11.8. The summed E-state index contributed by atoms with van der Waals surface area (Å²) >= 11 is 0. The summed E-state index contributed by atoms with van der Waals surface area (Å²) in [6.07, 6.45) is 0. The minimum Gasteiger partial charge on any atom is -0.0686 e. The molecular formula is C73H66B2. The van der Waals surface area contributed by atoms with Gasteiger partial charge in [0.15, 0.2) is 0 Å². The van der Waals surface area contributed by atoms with Crippen molar-refractivity contribution >= 4 is 46.2 Å². The van der Waals surface area contributed by atoms with Gasteiger partial charge in [-0.3, -0.25) is 0 Å². The van der Waals surface area contributed by atoms with E-state index in [4.69, 9.17) is 0 Å². The Morgan fingerprint density at radius 1 is 0.240 bits per heavy atom. The van der Waals surface area contributed by atoms with Crippen LogP contribution in [0.4, 0.5) is 0 Å². The molecule has 0 nitrogen and oxygen atoms in total. The van der Waals surface area contributed by atoms with Gasteiger partial charge in [-0.25, -0.2) is 0 Å². The van der Waals surface area contributed by atoms with E-state index < -0.39 is 5.41 Å². The smallest absolute Gasteiger partial charge is 0.0686 e. The lowest BCUT2D eigenvalue weighted by Gasteiger charge is -2.31. The zero-order chi connectivity index (χ0) is 52.2. The zero-order valence-corrected chi connectivity index (χ0v) is 46.0. The second-order valence-electron chi connectivity index (χ2n) is 22.7. The molecule has 0 aromatic heterocycles. The van der Waals surface area contributed by atoms with Crippen molar-refractivity contribution in [1.82, 2.24) is 0 Å². The maximum Gasteiger partial charge on any atom is 0.242 e. The first kappa shape index (κ1) is 48.3. The van der Waals surface area contributed by atoms with Crippen LogP contribution in [-0.4, -0.2) is 13.4 Å². The third-order valence-corrected chi connectivity index (χ3v) is 17.4. The van der Waals surface area contributed by atoms with Crippen LogP contribution in [-0.2, 0) is 5.41 Å². The SMILES string of the molecule is Cc1cc(C)c(B(c2ccc(-c3ccc4c(c3)C3(c5ccccc5-c5ccccc53)c3cc(-c5ccc(B(c6c(C)cc(C)cc6C)c6c(C)cc(C)cc6C)cc5)ccc3-4)cc2)c2c(C)cc(C)cc2C)c(C)c1. The molecule has 0 bridgehead atoms. The van der Waals surface area contributed by atoms with E-state index in [1.165, 1.54) is 166 Å². The van der Waals surface area contributed by atoms with Crippen LogP contribution in [0.2, 0.25) is 0 Å². The van der Waals surface area contributed by atoms with Gasteiger partial charge in [0.25, 0.3) is 0 Å². The number of fused-ring (bicyclic) bond motifs is 10. The minimum atomic E-state index is -0.484. The molecule has 10 aromatic rings. The summed E-state index contributed by atoms with van der Waals surface area (Å²) in [5.74, 6) is 0. The van der Waals surface area contributed by atoms with Gasteiger partial charge in [-0.1, -0.05) is 269 Å². The molecule has 0 unspecified atom stereocenters. The lowest BCUT2D eigenvalue weighted by atomic mass is 9.34. The highest BCUT2D eigenvalue weighted by Crippen LogP contribution is 2.63. The summed E-state index contributed by atoms with van der Waals surface area (Å²) in [6.45, 7) is 27.5. The Morgan fingerprint density at radius 3 is 0.787 bits per heavy atom. The van der Waals surface area contributed by atoms with Crippen molar-refractivity contribution in [1.29, 1.82) is 0 Å². The molecule has 0 heterocycles. The van der Waals surface area contributed by atoms with Crippen molar-refractivity contribution < 1.29 is 0 Å². The fourth-order valence-corrected chi connectivity index (χ4v) is 14.8. The number of rotatable bonds is 8. The Bertz CT molecular complexity index is 3490. The van der Waals surface area contributed by atoms with Crippen molar-refractivity contribution in [2.75, 3.05) is 0 Å². The van der Waals surface area contributed by atoms with E-state index in [0.717, 1.165) is 0 Å². The first-order valence-corrected chi connectivity index (χ1v) is 27.1. The molecule has 0 aliphatic heterocycles. The average molecular weight is 965 g/mol. The normalized spacial score (nSPS) is 12.6. The van der Waals surface area contributed by atoms with Gasteiger partial charge in [-0.15, -0.1) is 0 Å². The molecule has 75 heavy (non-hydrogen) atoms. The van der Waals surface area contributed by atoms with Gasteiger partial charge in [-0.2, -0.15) is 0 Å². The first-order chi connectivity index (χ1) is 36.1. The highest BCUT2D eigenvalue weighted by Gasteiger charge is 2.52. The predicted octanol–water partition coefficient (Wildman–Crippen LogP) is 14.1. The van der Waals surface area contributed by atoms with E-state index in [0.29, 0.717) is 0 Å². The quantitative estimate of drug-likeness (QED) is 0.133. The van der Waals surface area contributed by atoms with Crippen LogP contribution in [0.15, 0.2) is 182 Å². The molecule has 364 valence electrons. The summed E-state index contributed by atoms with van der Waals surface area (Å²) < 4.78 is 0. The van der Waals surface area contributed by atoms with E-state index in [1.54, 1.807) is 0 Å². The van der Waals surface area contributed by atoms with Crippen LogP contribution >= 0.6 is 0 Å². The van der Waals surface area contributed by atoms with Crippen molar-refractivity contribution in [3.8, 4) is 44.5 Å². The molecule has 0 radical (unpaired) electrons. The number of hydrogen-bond donors (Lipinski definition) is 0. The standard InChI is InChI=1S/C73H66B2/c1-43-33-47(5)69(48(6)34-43)74(70-49(7)35-44(2)36-50(70)8)59-27-21-55(22-28-59)57-25-31-63-64-32-26-58(42-68(64)73(67(63)41-57)65-19-15-13-17-61(65)62-18-14-16-20-66(62)73)56-23-29-60(30-24-56)75(71-51(9)37-45(3)38-52(71)10)72-53(11)39-46(4)40-54(72)12/h13-42H,1-12H3. The van der Waals surface area contributed by atoms with E-state index in [-0.39, 0.29) is 13.4 Å². The molecule has 1 spiro atoms. The molecular weight excluding hydrogens is 898 g/mol. The molecule has 0 saturated heterocycles. The Labute approximate surface area is 447 Å². The summed E-state index contributed by atoms with van der Waals surface area (Å²) in [7, 11) is 0. The molecule has 0 amide bonds. The molecule has 2 aliphatic rings. The topological polar surface area (TPSA) is 0 Å². The predicted molar refractivity (Wildman–Crippen MR) is 326 cm³/mol. The molecule has 2 aliphatic carbocycles. The van der Waals surface area contributed by atoms with Gasteiger partial charge in [-0.05, 0) is 162 Å². The summed E-state index contributed by atoms with van der Waals surface area (Å²) in [4.78, 5) is 0. The lowest BCUT2D eigenvalue weighted by molar-refractivity contribution is 0.794. The highest BCUT2D eigenvalue weighted by atomic mass is 14.5. The van der Waals surface area contributed by atoms with Gasteiger partial charge in [0.2, 0.25) is 13.4 Å². The van der Waals surface area contributed by atoms with Crippen molar-refractivity contribution in [2.45, 2.75) is 88.5 Å². The number of hydrogen-bond acceptors (Lipinski definition) is 0. The van der Waals surface area contributed by atoms with Crippen molar-refractivity contribution in [2.24, 2.45) is 0 Å². The second-order valence-corrected chi connectivity index (χ2v) is 22.7. The maximum atomic E-state index is 2.53. The molecule has 12 rings (SSSR count). The largest absolute Gasteiger partial charge is 0.242 e. The van der Waals surface area contributed by atoms with E-state index >= 15 is 0 Å². The molecule has 0 fully saturated rings. The third-order valence-electron chi connectivity index (χ3n) is 17.4. The summed E-state index contributed by atoms with van der Waals surface area (Å²) in [6, 6.07) is 71.0. The number of aryl methyl sites for hydroxylation is 12. The zero-order valence-electron chi connectivity index (χ0n) is 46.0. The van der Waals surface area contributed by atoms with Crippen LogP contribution in [0.25, 0.3) is 44.5 Å².